The summed E-state index contributed by atoms with van der Waals surface area (Å²) < 4.78 is 0. The van der Waals surface area contributed by atoms with Crippen molar-refractivity contribution < 1.29 is 4.79 Å². The Morgan fingerprint density at radius 3 is 1.90 bits per heavy atom. The van der Waals surface area contributed by atoms with Crippen molar-refractivity contribution in [3.63, 3.8) is 0 Å². The van der Waals surface area contributed by atoms with Gasteiger partial charge < -0.3 is 11.1 Å². The molecule has 21 heavy (non-hydrogen) atoms. The molecular formula is C18H36N2O. The van der Waals surface area contributed by atoms with E-state index in [9.17, 15) is 4.79 Å². The molecule has 0 spiro atoms. The van der Waals surface area contributed by atoms with E-state index in [1.807, 2.05) is 27.7 Å². The zero-order valence-corrected chi connectivity index (χ0v) is 15.2. The van der Waals surface area contributed by atoms with Crippen LogP contribution in [0.3, 0.4) is 0 Å². The summed E-state index contributed by atoms with van der Waals surface area (Å²) in [6.07, 6.45) is 5.86. The molecule has 1 rings (SSSR count). The van der Waals surface area contributed by atoms with E-state index in [2.05, 4.69) is 26.1 Å². The fraction of sp³-hybridized carbons (Fsp3) is 0.944. The monoisotopic (exact) mass is 296 g/mol. The second kappa shape index (κ2) is 6.28. The van der Waals surface area contributed by atoms with Gasteiger partial charge in [0.25, 0.3) is 0 Å². The molecule has 3 N–H and O–H groups in total. The lowest BCUT2D eigenvalue weighted by Crippen LogP contribution is -2.57. The average molecular weight is 296 g/mol. The summed E-state index contributed by atoms with van der Waals surface area (Å²) in [4.78, 5) is 12.5. The first-order valence-corrected chi connectivity index (χ1v) is 8.51. The summed E-state index contributed by atoms with van der Waals surface area (Å²) in [6.45, 7) is 14.7. The Balaban J connectivity index is 2.56. The van der Waals surface area contributed by atoms with Gasteiger partial charge in [-0.05, 0) is 64.7 Å². The summed E-state index contributed by atoms with van der Waals surface area (Å²) >= 11 is 0. The largest absolute Gasteiger partial charge is 0.353 e. The van der Waals surface area contributed by atoms with Crippen LogP contribution >= 0.6 is 0 Å². The number of nitrogens with one attached hydrogen (secondary N) is 1. The molecule has 0 atom stereocenters. The van der Waals surface area contributed by atoms with Crippen LogP contribution in [0, 0.1) is 16.7 Å². The molecule has 0 aromatic heterocycles. The van der Waals surface area contributed by atoms with E-state index in [0.29, 0.717) is 11.5 Å². The van der Waals surface area contributed by atoms with Gasteiger partial charge >= 0.3 is 0 Å². The molecule has 0 heterocycles. The normalized spacial score (nSPS) is 24.8. The Kier molecular flexibility index (Phi) is 5.52. The molecule has 3 nitrogen and oxygen atoms in total. The Morgan fingerprint density at radius 1 is 1.05 bits per heavy atom. The van der Waals surface area contributed by atoms with Gasteiger partial charge in [0, 0.05) is 11.6 Å². The predicted octanol–water partition coefficient (Wildman–Crippen LogP) is 3.86. The van der Waals surface area contributed by atoms with Gasteiger partial charge in [0.05, 0.1) is 5.41 Å². The Bertz CT molecular complexity index is 358. The second-order valence-electron chi connectivity index (χ2n) is 8.71. The predicted molar refractivity (Wildman–Crippen MR) is 90.0 cm³/mol. The minimum absolute atomic E-state index is 0.0909. The molecule has 0 aliphatic heterocycles. The fourth-order valence-corrected chi connectivity index (χ4v) is 2.97. The lowest BCUT2D eigenvalue weighted by atomic mass is 9.68. The van der Waals surface area contributed by atoms with Crippen molar-refractivity contribution in [3.05, 3.63) is 0 Å². The molecule has 0 aromatic rings. The third-order valence-electron chi connectivity index (χ3n) is 6.26. The Morgan fingerprint density at radius 2 is 1.52 bits per heavy atom. The molecule has 1 aliphatic carbocycles. The van der Waals surface area contributed by atoms with Crippen molar-refractivity contribution in [2.24, 2.45) is 22.5 Å². The number of hydrogen-bond donors (Lipinski definition) is 2. The van der Waals surface area contributed by atoms with Gasteiger partial charge in [-0.15, -0.1) is 0 Å². The maximum absolute atomic E-state index is 12.5. The molecule has 1 amide bonds. The number of rotatable bonds is 5. The van der Waals surface area contributed by atoms with Crippen LogP contribution in [0.15, 0.2) is 0 Å². The molecule has 124 valence electrons. The lowest BCUT2D eigenvalue weighted by molar-refractivity contribution is -0.133. The van der Waals surface area contributed by atoms with Gasteiger partial charge in [-0.2, -0.15) is 0 Å². The molecule has 3 heteroatoms. The molecule has 1 aliphatic rings. The van der Waals surface area contributed by atoms with Crippen LogP contribution in [0.2, 0.25) is 0 Å². The van der Waals surface area contributed by atoms with Crippen molar-refractivity contribution in [2.75, 3.05) is 0 Å². The highest BCUT2D eigenvalue weighted by atomic mass is 16.2. The maximum atomic E-state index is 12.5. The molecule has 0 bridgehead atoms. The van der Waals surface area contributed by atoms with E-state index in [1.54, 1.807) is 0 Å². The highest BCUT2D eigenvalue weighted by Gasteiger charge is 2.41. The van der Waals surface area contributed by atoms with Crippen LogP contribution in [-0.2, 0) is 4.79 Å². The van der Waals surface area contributed by atoms with E-state index in [4.69, 9.17) is 5.73 Å². The minimum atomic E-state index is -0.549. The SMILES string of the molecule is CCC(C)(C)C1CCC(NC(=O)C(C)(C)C(C)(C)N)CC1. The van der Waals surface area contributed by atoms with Crippen molar-refractivity contribution in [1.29, 1.82) is 0 Å². The Labute approximate surface area is 131 Å². The van der Waals surface area contributed by atoms with Crippen molar-refractivity contribution in [2.45, 2.75) is 92.2 Å². The quantitative estimate of drug-likeness (QED) is 0.809. The van der Waals surface area contributed by atoms with Crippen LogP contribution in [-0.4, -0.2) is 17.5 Å². The third kappa shape index (κ3) is 4.21. The van der Waals surface area contributed by atoms with Crippen LogP contribution < -0.4 is 11.1 Å². The van der Waals surface area contributed by atoms with Crippen LogP contribution in [0.5, 0.6) is 0 Å². The van der Waals surface area contributed by atoms with E-state index in [-0.39, 0.29) is 5.91 Å². The molecular weight excluding hydrogens is 260 g/mol. The number of carbonyl (C=O) groups excluding carboxylic acids is 1. The molecule has 1 fully saturated rings. The van der Waals surface area contributed by atoms with Crippen molar-refractivity contribution in [3.8, 4) is 0 Å². The van der Waals surface area contributed by atoms with Gasteiger partial charge in [0.1, 0.15) is 0 Å². The first kappa shape index (κ1) is 18.5. The fourth-order valence-electron chi connectivity index (χ4n) is 2.97. The summed E-state index contributed by atoms with van der Waals surface area (Å²) in [6, 6.07) is 0.322. The molecule has 0 radical (unpaired) electrons. The zero-order valence-electron chi connectivity index (χ0n) is 15.2. The van der Waals surface area contributed by atoms with Gasteiger partial charge in [-0.3, -0.25) is 4.79 Å². The summed E-state index contributed by atoms with van der Waals surface area (Å²) in [5, 5.41) is 3.24. The molecule has 0 saturated heterocycles. The smallest absolute Gasteiger partial charge is 0.227 e. The van der Waals surface area contributed by atoms with E-state index < -0.39 is 11.0 Å². The van der Waals surface area contributed by atoms with Crippen molar-refractivity contribution >= 4 is 5.91 Å². The van der Waals surface area contributed by atoms with Gasteiger partial charge in [0.2, 0.25) is 5.91 Å². The van der Waals surface area contributed by atoms with Crippen LogP contribution in [0.4, 0.5) is 0 Å². The van der Waals surface area contributed by atoms with Gasteiger partial charge in [0.15, 0.2) is 0 Å². The highest BCUT2D eigenvalue weighted by Crippen LogP contribution is 2.40. The number of amides is 1. The van der Waals surface area contributed by atoms with Crippen molar-refractivity contribution in [1.82, 2.24) is 5.32 Å². The van der Waals surface area contributed by atoms with E-state index in [0.717, 1.165) is 18.8 Å². The molecule has 0 aromatic carbocycles. The Hall–Kier alpha value is -0.570. The standard InChI is InChI=1S/C18H36N2O/c1-8-16(2,3)13-9-11-14(12-10-13)20-15(21)17(4,5)18(6,7)19/h13-14H,8-12,19H2,1-7H3,(H,20,21). The second-order valence-corrected chi connectivity index (χ2v) is 8.71. The molecule has 1 saturated carbocycles. The maximum Gasteiger partial charge on any atom is 0.227 e. The lowest BCUT2D eigenvalue weighted by Gasteiger charge is -2.41. The summed E-state index contributed by atoms with van der Waals surface area (Å²) in [5.41, 5.74) is 5.52. The number of nitrogens with two attached hydrogens (primary N) is 1. The van der Waals surface area contributed by atoms with Gasteiger partial charge in [-0.25, -0.2) is 0 Å². The van der Waals surface area contributed by atoms with E-state index >= 15 is 0 Å². The highest BCUT2D eigenvalue weighted by molar-refractivity contribution is 5.83. The first-order chi connectivity index (χ1) is 9.41. The number of carbonyl (C=O) groups is 1. The van der Waals surface area contributed by atoms with Crippen LogP contribution in [0.1, 0.15) is 80.6 Å². The van der Waals surface area contributed by atoms with Gasteiger partial charge in [-0.1, -0.05) is 27.2 Å². The topological polar surface area (TPSA) is 55.1 Å². The third-order valence-corrected chi connectivity index (χ3v) is 6.26. The summed E-state index contributed by atoms with van der Waals surface area (Å²) in [5.74, 6) is 0.878. The zero-order chi connectivity index (χ0) is 16.5. The average Bonchev–Trinajstić information content (AvgIpc) is 2.38. The minimum Gasteiger partial charge on any atom is -0.353 e. The summed E-state index contributed by atoms with van der Waals surface area (Å²) in [7, 11) is 0. The van der Waals surface area contributed by atoms with Crippen LogP contribution in [0.25, 0.3) is 0 Å². The molecule has 0 unspecified atom stereocenters. The first-order valence-electron chi connectivity index (χ1n) is 8.51. The number of hydrogen-bond acceptors (Lipinski definition) is 2. The van der Waals surface area contributed by atoms with E-state index in [1.165, 1.54) is 19.3 Å².